The first kappa shape index (κ1) is 23.8. The Balaban J connectivity index is 3.05. The van der Waals surface area contributed by atoms with Gasteiger partial charge in [-0.2, -0.15) is 5.06 Å². The van der Waals surface area contributed by atoms with E-state index in [-0.39, 0.29) is 6.54 Å². The van der Waals surface area contributed by atoms with Crippen LogP contribution in [0.5, 0.6) is 0 Å². The highest BCUT2D eigenvalue weighted by atomic mass is 16.5. The van der Waals surface area contributed by atoms with Gasteiger partial charge in [0.05, 0.1) is 6.54 Å². The molecule has 3 N–H and O–H groups in total. The Kier molecular flexibility index (Phi) is 19.0. The summed E-state index contributed by atoms with van der Waals surface area (Å²) in [6, 6.07) is 0. The summed E-state index contributed by atoms with van der Waals surface area (Å²) in [7, 11) is 0. The van der Waals surface area contributed by atoms with Gasteiger partial charge >= 0.3 is 0 Å². The Labute approximate surface area is 150 Å². The van der Waals surface area contributed by atoms with Gasteiger partial charge in [-0.3, -0.25) is 0 Å². The number of hydrogen-bond acceptors (Lipinski definition) is 4. The van der Waals surface area contributed by atoms with Crippen LogP contribution in [-0.2, 0) is 0 Å². The van der Waals surface area contributed by atoms with Gasteiger partial charge in [-0.1, -0.05) is 103 Å². The molecule has 0 aromatic carbocycles. The number of aliphatic hydroxyl groups is 2. The van der Waals surface area contributed by atoms with Crippen LogP contribution in [0.4, 0.5) is 0 Å². The molecular weight excluding hydrogens is 302 g/mol. The van der Waals surface area contributed by atoms with Crippen LogP contribution in [0, 0.1) is 0 Å². The number of unbranched alkanes of at least 4 members (excludes halogenated alkanes) is 15. The van der Waals surface area contributed by atoms with E-state index in [0.29, 0.717) is 6.54 Å². The third-order valence-electron chi connectivity index (χ3n) is 4.64. The largest absolute Gasteiger partial charge is 0.367 e. The summed E-state index contributed by atoms with van der Waals surface area (Å²) in [5, 5.41) is 27.8. The molecule has 0 heterocycles. The second-order valence-electron chi connectivity index (χ2n) is 7.20. The van der Waals surface area contributed by atoms with Gasteiger partial charge in [0.1, 0.15) is 0 Å². The van der Waals surface area contributed by atoms with Crippen molar-refractivity contribution in [1.29, 1.82) is 0 Å². The van der Waals surface area contributed by atoms with Crippen molar-refractivity contribution in [2.45, 2.75) is 116 Å². The Hall–Kier alpha value is -0.160. The number of hydroxylamine groups is 2. The summed E-state index contributed by atoms with van der Waals surface area (Å²) in [5.41, 5.74) is 0. The fourth-order valence-corrected chi connectivity index (χ4v) is 3.12. The van der Waals surface area contributed by atoms with Gasteiger partial charge in [0.25, 0.3) is 0 Å². The molecule has 0 aliphatic carbocycles. The van der Waals surface area contributed by atoms with Gasteiger partial charge in [0.15, 0.2) is 6.29 Å². The van der Waals surface area contributed by atoms with Gasteiger partial charge in [-0.15, -0.1) is 0 Å². The molecule has 0 aliphatic heterocycles. The minimum absolute atomic E-state index is 0.0846. The lowest BCUT2D eigenvalue weighted by Gasteiger charge is -2.15. The van der Waals surface area contributed by atoms with Crippen LogP contribution in [0.3, 0.4) is 0 Å². The molecule has 0 unspecified atom stereocenters. The minimum Gasteiger partial charge on any atom is -0.367 e. The van der Waals surface area contributed by atoms with E-state index < -0.39 is 6.29 Å². The first-order valence-electron chi connectivity index (χ1n) is 10.5. The van der Waals surface area contributed by atoms with Crippen molar-refractivity contribution < 1.29 is 15.4 Å². The monoisotopic (exact) mass is 345 g/mol. The summed E-state index contributed by atoms with van der Waals surface area (Å²) in [6.45, 7) is 2.71. The fourth-order valence-electron chi connectivity index (χ4n) is 3.12. The second kappa shape index (κ2) is 19.2. The Morgan fingerprint density at radius 1 is 0.583 bits per heavy atom. The molecule has 0 rings (SSSR count). The zero-order valence-electron chi connectivity index (χ0n) is 16.1. The zero-order chi connectivity index (χ0) is 17.9. The van der Waals surface area contributed by atoms with Crippen molar-refractivity contribution in [3.8, 4) is 0 Å². The molecule has 4 heteroatoms. The van der Waals surface area contributed by atoms with E-state index in [1.165, 1.54) is 89.9 Å². The summed E-state index contributed by atoms with van der Waals surface area (Å²) < 4.78 is 0. The quantitative estimate of drug-likeness (QED) is 0.170. The molecule has 0 fully saturated rings. The van der Waals surface area contributed by atoms with Crippen molar-refractivity contribution in [1.82, 2.24) is 5.06 Å². The molecule has 0 saturated heterocycles. The molecule has 146 valence electrons. The highest BCUT2D eigenvalue weighted by molar-refractivity contribution is 4.51. The lowest BCUT2D eigenvalue weighted by molar-refractivity contribution is -0.158. The van der Waals surface area contributed by atoms with E-state index in [1.54, 1.807) is 0 Å². The normalized spacial score (nSPS) is 11.8. The van der Waals surface area contributed by atoms with Gasteiger partial charge in [0.2, 0.25) is 0 Å². The van der Waals surface area contributed by atoms with E-state index in [0.717, 1.165) is 17.9 Å². The molecule has 0 aromatic rings. The Morgan fingerprint density at radius 3 is 1.25 bits per heavy atom. The third-order valence-corrected chi connectivity index (χ3v) is 4.64. The SMILES string of the molecule is CCCCCCCCCCCCCCCCCCN(O)CC(O)O. The van der Waals surface area contributed by atoms with Crippen LogP contribution in [-0.4, -0.2) is 39.9 Å². The van der Waals surface area contributed by atoms with Crippen LogP contribution in [0.1, 0.15) is 110 Å². The molecule has 0 aromatic heterocycles. The predicted molar refractivity (Wildman–Crippen MR) is 101 cm³/mol. The lowest BCUT2D eigenvalue weighted by atomic mass is 10.0. The third kappa shape index (κ3) is 19.9. The van der Waals surface area contributed by atoms with Crippen LogP contribution in [0.2, 0.25) is 0 Å². The standard InChI is InChI=1S/C20H43NO3/c1-2-3-4-5-6-7-8-9-10-11-12-13-14-15-16-17-18-21(24)19-20(22)23/h20,22-24H,2-19H2,1H3. The maximum absolute atomic E-state index is 9.35. The summed E-state index contributed by atoms with van der Waals surface area (Å²) >= 11 is 0. The average Bonchev–Trinajstić information content (AvgIpc) is 2.53. The molecule has 0 radical (unpaired) electrons. The van der Waals surface area contributed by atoms with E-state index in [4.69, 9.17) is 10.2 Å². The molecule has 0 amide bonds. The minimum atomic E-state index is -1.45. The smallest absolute Gasteiger partial charge is 0.166 e. The van der Waals surface area contributed by atoms with Crippen molar-refractivity contribution in [3.05, 3.63) is 0 Å². The molecule has 24 heavy (non-hydrogen) atoms. The topological polar surface area (TPSA) is 63.9 Å². The fraction of sp³-hybridized carbons (Fsp3) is 1.00. The lowest BCUT2D eigenvalue weighted by Crippen LogP contribution is -2.30. The summed E-state index contributed by atoms with van der Waals surface area (Å²) in [6.07, 6.45) is 19.9. The average molecular weight is 346 g/mol. The molecule has 0 spiro atoms. The van der Waals surface area contributed by atoms with Crippen molar-refractivity contribution in [2.75, 3.05) is 13.1 Å². The first-order valence-corrected chi connectivity index (χ1v) is 10.5. The predicted octanol–water partition coefficient (Wildman–Crippen LogP) is 5.25. The van der Waals surface area contributed by atoms with Gasteiger partial charge in [-0.05, 0) is 6.42 Å². The van der Waals surface area contributed by atoms with Crippen molar-refractivity contribution >= 4 is 0 Å². The summed E-state index contributed by atoms with van der Waals surface area (Å²) in [5.74, 6) is 0. The molecule has 0 aliphatic rings. The van der Waals surface area contributed by atoms with E-state index in [9.17, 15) is 5.21 Å². The van der Waals surface area contributed by atoms with Crippen LogP contribution < -0.4 is 0 Å². The highest BCUT2D eigenvalue weighted by Crippen LogP contribution is 2.13. The van der Waals surface area contributed by atoms with Crippen LogP contribution in [0.25, 0.3) is 0 Å². The molecule has 0 atom stereocenters. The molecule has 0 saturated carbocycles. The summed E-state index contributed by atoms with van der Waals surface area (Å²) in [4.78, 5) is 0. The molecular formula is C20H43NO3. The van der Waals surface area contributed by atoms with E-state index in [2.05, 4.69) is 6.92 Å². The molecule has 4 nitrogen and oxygen atoms in total. The van der Waals surface area contributed by atoms with Crippen LogP contribution in [0.15, 0.2) is 0 Å². The van der Waals surface area contributed by atoms with Gasteiger partial charge in [-0.25, -0.2) is 0 Å². The van der Waals surface area contributed by atoms with Crippen LogP contribution >= 0.6 is 0 Å². The number of aliphatic hydroxyl groups excluding tert-OH is 1. The number of nitrogens with zero attached hydrogens (tertiary/aromatic N) is 1. The number of hydrogen-bond donors (Lipinski definition) is 3. The van der Waals surface area contributed by atoms with Crippen molar-refractivity contribution in [3.63, 3.8) is 0 Å². The second-order valence-corrected chi connectivity index (χ2v) is 7.20. The first-order chi connectivity index (χ1) is 11.7. The highest BCUT2D eigenvalue weighted by Gasteiger charge is 2.04. The maximum Gasteiger partial charge on any atom is 0.166 e. The van der Waals surface area contributed by atoms with Gasteiger partial charge in [0, 0.05) is 6.54 Å². The Morgan fingerprint density at radius 2 is 0.917 bits per heavy atom. The maximum atomic E-state index is 9.35. The van der Waals surface area contributed by atoms with E-state index >= 15 is 0 Å². The Bertz CT molecular complexity index is 237. The molecule has 0 bridgehead atoms. The van der Waals surface area contributed by atoms with E-state index in [1.807, 2.05) is 0 Å². The zero-order valence-corrected chi connectivity index (χ0v) is 16.1. The van der Waals surface area contributed by atoms with Crippen molar-refractivity contribution in [2.24, 2.45) is 0 Å². The number of rotatable bonds is 19. The van der Waals surface area contributed by atoms with Gasteiger partial charge < -0.3 is 15.4 Å².